The third-order valence-corrected chi connectivity index (χ3v) is 2.23. The molecule has 0 unspecified atom stereocenters. The number of hydrogen-bond donors (Lipinski definition) is 1. The fourth-order valence-corrected chi connectivity index (χ4v) is 1.42. The summed E-state index contributed by atoms with van der Waals surface area (Å²) >= 11 is 0. The van der Waals surface area contributed by atoms with Gasteiger partial charge >= 0.3 is 6.09 Å². The summed E-state index contributed by atoms with van der Waals surface area (Å²) in [4.78, 5) is 22.9. The van der Waals surface area contributed by atoms with Crippen molar-refractivity contribution in [1.29, 1.82) is 0 Å². The Morgan fingerprint density at radius 2 is 1.90 bits per heavy atom. The van der Waals surface area contributed by atoms with Crippen molar-refractivity contribution in [3.63, 3.8) is 0 Å². The third kappa shape index (κ3) is 5.77. The van der Waals surface area contributed by atoms with E-state index in [1.807, 2.05) is 0 Å². The molecule has 6 heteroatoms. The lowest BCUT2D eigenvalue weighted by Gasteiger charge is -2.19. The fraction of sp³-hybridized carbons (Fsp3) is 0.429. The van der Waals surface area contributed by atoms with Crippen LogP contribution in [-0.4, -0.2) is 24.0 Å². The Labute approximate surface area is 116 Å². The summed E-state index contributed by atoms with van der Waals surface area (Å²) in [6, 6.07) is 2.99. The normalized spacial score (nSPS) is 11.1. The summed E-state index contributed by atoms with van der Waals surface area (Å²) in [5, 5.41) is 2.28. The molecule has 20 heavy (non-hydrogen) atoms. The van der Waals surface area contributed by atoms with E-state index in [2.05, 4.69) is 5.32 Å². The van der Waals surface area contributed by atoms with Gasteiger partial charge in [-0.05, 0) is 32.4 Å². The second kappa shape index (κ2) is 6.45. The number of alkyl carbamates (subject to hydrolysis) is 1. The Hall–Kier alpha value is -1.98. The van der Waals surface area contributed by atoms with Gasteiger partial charge in [0.25, 0.3) is 0 Å². The Kier molecular flexibility index (Phi) is 5.19. The summed E-state index contributed by atoms with van der Waals surface area (Å²) < 4.78 is 31.0. The lowest BCUT2D eigenvalue weighted by molar-refractivity contribution is -0.117. The zero-order valence-corrected chi connectivity index (χ0v) is 11.6. The highest BCUT2D eigenvalue weighted by molar-refractivity contribution is 5.85. The molecule has 110 valence electrons. The highest BCUT2D eigenvalue weighted by Gasteiger charge is 2.17. The molecule has 0 saturated heterocycles. The zero-order chi connectivity index (χ0) is 15.3. The second-order valence-corrected chi connectivity index (χ2v) is 5.31. The molecule has 1 rings (SSSR count). The number of ketones is 1. The molecule has 0 saturated carbocycles. The molecule has 0 aliphatic carbocycles. The molecule has 0 spiro atoms. The minimum absolute atomic E-state index is 0.0855. The Morgan fingerprint density at radius 1 is 1.25 bits per heavy atom. The number of Topliss-reactive ketones (excluding diaryl/α,β-unsaturated/α-hetero) is 1. The van der Waals surface area contributed by atoms with Gasteiger partial charge in [-0.15, -0.1) is 0 Å². The molecular formula is C14H17F2NO3. The van der Waals surface area contributed by atoms with Crippen LogP contribution in [0.1, 0.15) is 26.3 Å². The van der Waals surface area contributed by atoms with Gasteiger partial charge < -0.3 is 10.1 Å². The summed E-state index contributed by atoms with van der Waals surface area (Å²) in [6.45, 7) is 4.82. The van der Waals surface area contributed by atoms with Crippen LogP contribution in [0.15, 0.2) is 18.2 Å². The molecule has 0 radical (unpaired) electrons. The Bertz CT molecular complexity index is 510. The lowest BCUT2D eigenvalue weighted by Crippen LogP contribution is -2.35. The Morgan fingerprint density at radius 3 is 2.45 bits per heavy atom. The monoisotopic (exact) mass is 285 g/mol. The number of benzene rings is 1. The SMILES string of the molecule is CC(C)(C)OC(=O)NCC(=O)Cc1ccc(F)cc1F. The predicted molar refractivity (Wildman–Crippen MR) is 69.3 cm³/mol. The van der Waals surface area contributed by atoms with E-state index in [1.165, 1.54) is 6.07 Å². The highest BCUT2D eigenvalue weighted by Crippen LogP contribution is 2.10. The second-order valence-electron chi connectivity index (χ2n) is 5.31. The summed E-state index contributed by atoms with van der Waals surface area (Å²) in [5.41, 5.74) is -0.571. The van der Waals surface area contributed by atoms with E-state index < -0.39 is 29.1 Å². The summed E-state index contributed by atoms with van der Waals surface area (Å²) in [5.74, 6) is -1.89. The first-order valence-electron chi connectivity index (χ1n) is 6.10. The maximum atomic E-state index is 13.3. The van der Waals surface area contributed by atoms with Crippen molar-refractivity contribution in [2.45, 2.75) is 32.8 Å². The van der Waals surface area contributed by atoms with Crippen LogP contribution in [0, 0.1) is 11.6 Å². The number of rotatable bonds is 4. The molecule has 0 atom stereocenters. The van der Waals surface area contributed by atoms with E-state index in [9.17, 15) is 18.4 Å². The van der Waals surface area contributed by atoms with Crippen LogP contribution in [0.2, 0.25) is 0 Å². The van der Waals surface area contributed by atoms with Gasteiger partial charge in [0.05, 0.1) is 6.54 Å². The van der Waals surface area contributed by atoms with E-state index in [4.69, 9.17) is 4.74 Å². The van der Waals surface area contributed by atoms with Gasteiger partial charge in [0, 0.05) is 12.5 Å². The van der Waals surface area contributed by atoms with Crippen LogP contribution in [-0.2, 0) is 16.0 Å². The minimum atomic E-state index is -0.782. The number of carbonyl (C=O) groups excluding carboxylic acids is 2. The van der Waals surface area contributed by atoms with E-state index in [0.717, 1.165) is 6.07 Å². The van der Waals surface area contributed by atoms with Crippen molar-refractivity contribution in [2.75, 3.05) is 6.54 Å². The van der Waals surface area contributed by atoms with Gasteiger partial charge in [-0.25, -0.2) is 13.6 Å². The lowest BCUT2D eigenvalue weighted by atomic mass is 10.1. The standard InChI is InChI=1S/C14H17F2NO3/c1-14(2,3)20-13(19)17-8-11(18)6-9-4-5-10(15)7-12(9)16/h4-5,7H,6,8H2,1-3H3,(H,17,19). The summed E-state index contributed by atoms with van der Waals surface area (Å²) in [7, 11) is 0. The van der Waals surface area contributed by atoms with E-state index >= 15 is 0 Å². The van der Waals surface area contributed by atoms with E-state index in [0.29, 0.717) is 6.07 Å². The molecule has 1 aromatic carbocycles. The molecule has 1 amide bonds. The first-order valence-corrected chi connectivity index (χ1v) is 6.10. The molecule has 1 aromatic rings. The number of carbonyl (C=O) groups is 2. The van der Waals surface area contributed by atoms with Crippen molar-refractivity contribution in [3.05, 3.63) is 35.4 Å². The number of halogens is 2. The third-order valence-electron chi connectivity index (χ3n) is 2.23. The van der Waals surface area contributed by atoms with Gasteiger partial charge in [-0.1, -0.05) is 6.07 Å². The maximum Gasteiger partial charge on any atom is 0.408 e. The number of hydrogen-bond acceptors (Lipinski definition) is 3. The first kappa shape index (κ1) is 16.1. The summed E-state index contributed by atoms with van der Waals surface area (Å²) in [6.07, 6.45) is -0.938. The molecule has 1 N–H and O–H groups in total. The molecule has 0 aliphatic rings. The topological polar surface area (TPSA) is 55.4 Å². The molecule has 4 nitrogen and oxygen atoms in total. The molecule has 0 heterocycles. The van der Waals surface area contributed by atoms with Crippen molar-refractivity contribution >= 4 is 11.9 Å². The molecule has 0 aromatic heterocycles. The Balaban J connectivity index is 2.46. The number of nitrogens with one attached hydrogen (secondary N) is 1. The van der Waals surface area contributed by atoms with Gasteiger partial charge in [-0.3, -0.25) is 4.79 Å². The van der Waals surface area contributed by atoms with Gasteiger partial charge in [0.1, 0.15) is 17.2 Å². The van der Waals surface area contributed by atoms with E-state index in [1.54, 1.807) is 20.8 Å². The van der Waals surface area contributed by atoms with Crippen molar-refractivity contribution in [3.8, 4) is 0 Å². The first-order chi connectivity index (χ1) is 9.17. The van der Waals surface area contributed by atoms with Crippen LogP contribution in [0.25, 0.3) is 0 Å². The average molecular weight is 285 g/mol. The predicted octanol–water partition coefficient (Wildman–Crippen LogP) is 2.60. The zero-order valence-electron chi connectivity index (χ0n) is 11.6. The maximum absolute atomic E-state index is 13.3. The molecule has 0 fully saturated rings. The van der Waals surface area contributed by atoms with Gasteiger partial charge in [-0.2, -0.15) is 0 Å². The van der Waals surface area contributed by atoms with Crippen LogP contribution < -0.4 is 5.32 Å². The van der Waals surface area contributed by atoms with E-state index in [-0.39, 0.29) is 18.5 Å². The fourth-order valence-electron chi connectivity index (χ4n) is 1.42. The quantitative estimate of drug-likeness (QED) is 0.925. The van der Waals surface area contributed by atoms with Gasteiger partial charge in [0.15, 0.2) is 5.78 Å². The van der Waals surface area contributed by atoms with Crippen LogP contribution >= 0.6 is 0 Å². The molecule has 0 aliphatic heterocycles. The molecular weight excluding hydrogens is 268 g/mol. The van der Waals surface area contributed by atoms with Crippen molar-refractivity contribution < 1.29 is 23.1 Å². The largest absolute Gasteiger partial charge is 0.444 e. The van der Waals surface area contributed by atoms with Crippen molar-refractivity contribution in [2.24, 2.45) is 0 Å². The van der Waals surface area contributed by atoms with Crippen LogP contribution in [0.5, 0.6) is 0 Å². The van der Waals surface area contributed by atoms with Crippen LogP contribution in [0.3, 0.4) is 0 Å². The minimum Gasteiger partial charge on any atom is -0.444 e. The number of ether oxygens (including phenoxy) is 1. The van der Waals surface area contributed by atoms with Crippen molar-refractivity contribution in [1.82, 2.24) is 5.32 Å². The van der Waals surface area contributed by atoms with Gasteiger partial charge in [0.2, 0.25) is 0 Å². The number of amides is 1. The average Bonchev–Trinajstić information content (AvgIpc) is 2.28. The van der Waals surface area contributed by atoms with Crippen LogP contribution in [0.4, 0.5) is 13.6 Å². The highest BCUT2D eigenvalue weighted by atomic mass is 19.1. The molecule has 0 bridgehead atoms. The smallest absolute Gasteiger partial charge is 0.408 e.